The molecule has 0 amide bonds. The number of benzene rings is 2. The fourth-order valence-electron chi connectivity index (χ4n) is 2.49. The van der Waals surface area contributed by atoms with Crippen molar-refractivity contribution in [3.63, 3.8) is 0 Å². The lowest BCUT2D eigenvalue weighted by molar-refractivity contribution is -0.138. The van der Waals surface area contributed by atoms with Crippen molar-refractivity contribution in [1.82, 2.24) is 0 Å². The molecule has 0 bridgehead atoms. The second kappa shape index (κ2) is 6.84. The summed E-state index contributed by atoms with van der Waals surface area (Å²) >= 11 is 0. The van der Waals surface area contributed by atoms with E-state index in [1.165, 1.54) is 12.2 Å². The number of carbonyl (C=O) groups excluding carboxylic acids is 1. The van der Waals surface area contributed by atoms with Crippen LogP contribution in [0.2, 0.25) is 0 Å². The van der Waals surface area contributed by atoms with Gasteiger partial charge in [-0.2, -0.15) is 0 Å². The maximum Gasteiger partial charge on any atom is 0.331 e. The molecule has 2 unspecified atom stereocenters. The van der Waals surface area contributed by atoms with Crippen LogP contribution in [0.5, 0.6) is 0 Å². The van der Waals surface area contributed by atoms with Gasteiger partial charge in [0.1, 0.15) is 11.4 Å². The van der Waals surface area contributed by atoms with E-state index in [0.717, 1.165) is 5.56 Å². The van der Waals surface area contributed by atoms with Gasteiger partial charge in [-0.15, -0.1) is 0 Å². The summed E-state index contributed by atoms with van der Waals surface area (Å²) in [5, 5.41) is -0.984. The summed E-state index contributed by atoms with van der Waals surface area (Å²) in [6.45, 7) is 0. The minimum Gasteiger partial charge on any atom is -0.453 e. The third-order valence-corrected chi connectivity index (χ3v) is 5.78. The number of carbonyl (C=O) groups is 1. The largest absolute Gasteiger partial charge is 0.453 e. The summed E-state index contributed by atoms with van der Waals surface area (Å²) < 4.78 is 31.1. The smallest absolute Gasteiger partial charge is 0.331 e. The summed E-state index contributed by atoms with van der Waals surface area (Å²) in [5.74, 6) is -0.527. The Bertz CT molecular complexity index is 868. The number of esters is 1. The van der Waals surface area contributed by atoms with Crippen LogP contribution in [0.25, 0.3) is 6.08 Å². The highest BCUT2D eigenvalue weighted by Gasteiger charge is 2.35. The van der Waals surface area contributed by atoms with Gasteiger partial charge in [0.2, 0.25) is 0 Å². The zero-order valence-corrected chi connectivity index (χ0v) is 13.6. The van der Waals surface area contributed by atoms with Crippen LogP contribution >= 0.6 is 0 Å². The second-order valence-electron chi connectivity index (χ2n) is 5.35. The van der Waals surface area contributed by atoms with Gasteiger partial charge in [0, 0.05) is 6.08 Å². The Balaban J connectivity index is 1.98. The quantitative estimate of drug-likeness (QED) is 0.785. The van der Waals surface area contributed by atoms with Crippen LogP contribution in [-0.4, -0.2) is 25.7 Å². The van der Waals surface area contributed by atoms with E-state index in [2.05, 4.69) is 0 Å². The van der Waals surface area contributed by atoms with Crippen LogP contribution < -0.4 is 0 Å². The van der Waals surface area contributed by atoms with Crippen LogP contribution in [0.4, 0.5) is 0 Å². The molecule has 2 atom stereocenters. The Morgan fingerprint density at radius 1 is 0.958 bits per heavy atom. The zero-order chi connectivity index (χ0) is 17.0. The number of cyclic esters (lactones) is 1. The minimum atomic E-state index is -3.69. The minimum absolute atomic E-state index is 0.198. The first-order valence-electron chi connectivity index (χ1n) is 7.48. The molecule has 24 heavy (non-hydrogen) atoms. The van der Waals surface area contributed by atoms with Gasteiger partial charge in [-0.1, -0.05) is 60.7 Å². The molecule has 1 heterocycles. The van der Waals surface area contributed by atoms with Crippen molar-refractivity contribution < 1.29 is 17.9 Å². The average molecular weight is 340 g/mol. The van der Waals surface area contributed by atoms with Crippen molar-refractivity contribution in [2.24, 2.45) is 0 Å². The van der Waals surface area contributed by atoms with Crippen LogP contribution in [0, 0.1) is 0 Å². The highest BCUT2D eigenvalue weighted by molar-refractivity contribution is 7.92. The van der Waals surface area contributed by atoms with Gasteiger partial charge in [0.15, 0.2) is 9.84 Å². The van der Waals surface area contributed by atoms with Gasteiger partial charge in [0.25, 0.3) is 0 Å². The maximum atomic E-state index is 13.0. The van der Waals surface area contributed by atoms with E-state index < -0.39 is 27.2 Å². The van der Waals surface area contributed by atoms with Crippen LogP contribution in [0.3, 0.4) is 0 Å². The van der Waals surface area contributed by atoms with Crippen molar-refractivity contribution >= 4 is 21.9 Å². The fraction of sp³-hybridized carbons (Fsp3) is 0.105. The van der Waals surface area contributed by atoms with Gasteiger partial charge in [0.05, 0.1) is 4.90 Å². The Hall–Kier alpha value is -2.66. The summed E-state index contributed by atoms with van der Waals surface area (Å²) in [5.41, 5.74) is 0.874. The Labute approximate surface area is 141 Å². The lowest BCUT2D eigenvalue weighted by Crippen LogP contribution is -2.32. The number of sulfone groups is 1. The predicted octanol–water partition coefficient (Wildman–Crippen LogP) is 3.02. The first-order chi connectivity index (χ1) is 11.6. The lowest BCUT2D eigenvalue weighted by atomic mass is 10.1. The predicted molar refractivity (Wildman–Crippen MR) is 91.9 cm³/mol. The topological polar surface area (TPSA) is 60.4 Å². The summed E-state index contributed by atoms with van der Waals surface area (Å²) in [6.07, 6.45) is 5.22. The Morgan fingerprint density at radius 3 is 2.17 bits per heavy atom. The SMILES string of the molecule is O=C1C=CC(C(/C=C/c2ccccc2)S(=O)(=O)c2ccccc2)O1. The van der Waals surface area contributed by atoms with Crippen molar-refractivity contribution in [2.45, 2.75) is 16.2 Å². The van der Waals surface area contributed by atoms with Gasteiger partial charge in [-0.05, 0) is 23.8 Å². The highest BCUT2D eigenvalue weighted by atomic mass is 32.2. The molecule has 0 spiro atoms. The number of ether oxygens (including phenoxy) is 1. The van der Waals surface area contributed by atoms with E-state index in [0.29, 0.717) is 0 Å². The third-order valence-electron chi connectivity index (χ3n) is 3.71. The molecule has 1 aliphatic heterocycles. The maximum absolute atomic E-state index is 13.0. The Morgan fingerprint density at radius 2 is 1.58 bits per heavy atom. The highest BCUT2D eigenvalue weighted by Crippen LogP contribution is 2.25. The van der Waals surface area contributed by atoms with Crippen LogP contribution in [0.15, 0.2) is 83.8 Å². The molecule has 0 radical (unpaired) electrons. The normalized spacial score (nSPS) is 18.7. The van der Waals surface area contributed by atoms with Gasteiger partial charge >= 0.3 is 5.97 Å². The number of rotatable bonds is 5. The summed E-state index contributed by atoms with van der Waals surface area (Å²) in [4.78, 5) is 11.6. The average Bonchev–Trinajstić information content (AvgIpc) is 3.02. The fourth-order valence-corrected chi connectivity index (χ4v) is 4.13. The molecule has 0 aliphatic carbocycles. The lowest BCUT2D eigenvalue weighted by Gasteiger charge is -2.19. The monoisotopic (exact) mass is 340 g/mol. The van der Waals surface area contributed by atoms with Gasteiger partial charge < -0.3 is 4.74 Å². The van der Waals surface area contributed by atoms with Crippen LogP contribution in [0.1, 0.15) is 5.56 Å². The molecular weight excluding hydrogens is 324 g/mol. The van der Waals surface area contributed by atoms with E-state index in [4.69, 9.17) is 4.74 Å². The molecule has 2 aromatic rings. The molecule has 5 heteroatoms. The van der Waals surface area contributed by atoms with Gasteiger partial charge in [-0.25, -0.2) is 13.2 Å². The molecule has 0 fully saturated rings. The molecule has 0 saturated carbocycles. The molecule has 4 nitrogen and oxygen atoms in total. The molecule has 122 valence electrons. The van der Waals surface area contributed by atoms with E-state index in [1.807, 2.05) is 30.3 Å². The molecule has 3 rings (SSSR count). The van der Waals surface area contributed by atoms with Crippen molar-refractivity contribution in [2.75, 3.05) is 0 Å². The summed E-state index contributed by atoms with van der Waals surface area (Å²) in [6, 6.07) is 17.5. The molecule has 2 aromatic carbocycles. The van der Waals surface area contributed by atoms with Crippen molar-refractivity contribution in [3.05, 3.63) is 84.5 Å². The molecular formula is C19H16O4S. The molecule has 1 aliphatic rings. The second-order valence-corrected chi connectivity index (χ2v) is 7.46. The summed E-state index contributed by atoms with van der Waals surface area (Å²) in [7, 11) is -3.69. The first kappa shape index (κ1) is 16.2. The standard InChI is InChI=1S/C19H16O4S/c20-19-14-12-17(23-19)18(13-11-15-7-3-1-4-8-15)24(21,22)16-9-5-2-6-10-16/h1-14,17-18H/b13-11+. The number of hydrogen-bond donors (Lipinski definition) is 0. The molecule has 0 N–H and O–H groups in total. The van der Waals surface area contributed by atoms with E-state index in [-0.39, 0.29) is 4.90 Å². The number of hydrogen-bond acceptors (Lipinski definition) is 4. The van der Waals surface area contributed by atoms with Crippen molar-refractivity contribution in [1.29, 1.82) is 0 Å². The van der Waals surface area contributed by atoms with E-state index >= 15 is 0 Å². The third kappa shape index (κ3) is 3.46. The molecule has 0 aromatic heterocycles. The first-order valence-corrected chi connectivity index (χ1v) is 9.03. The van der Waals surface area contributed by atoms with Gasteiger partial charge in [-0.3, -0.25) is 0 Å². The van der Waals surface area contributed by atoms with Crippen LogP contribution in [-0.2, 0) is 19.4 Å². The van der Waals surface area contributed by atoms with E-state index in [9.17, 15) is 13.2 Å². The zero-order valence-electron chi connectivity index (χ0n) is 12.8. The van der Waals surface area contributed by atoms with Crippen molar-refractivity contribution in [3.8, 4) is 0 Å². The molecule has 0 saturated heterocycles. The van der Waals surface area contributed by atoms with E-state index in [1.54, 1.807) is 42.5 Å². The Kier molecular flexibility index (Phi) is 4.62.